The van der Waals surface area contributed by atoms with Crippen LogP contribution in [0.15, 0.2) is 29.4 Å². The number of carbonyl (C=O) groups is 1. The first-order valence-corrected chi connectivity index (χ1v) is 7.22. The molecule has 0 saturated heterocycles. The highest BCUT2D eigenvalue weighted by Gasteiger charge is 2.65. The van der Waals surface area contributed by atoms with Crippen LogP contribution < -0.4 is 20.0 Å². The predicted octanol–water partition coefficient (Wildman–Crippen LogP) is 2.78. The summed E-state index contributed by atoms with van der Waals surface area (Å²) in [4.78, 5) is 15.5. The van der Waals surface area contributed by atoms with E-state index in [9.17, 15) is 22.4 Å². The lowest BCUT2D eigenvalue weighted by molar-refractivity contribution is -0.391. The number of halogens is 4. The summed E-state index contributed by atoms with van der Waals surface area (Å²) in [6.07, 6.45) is -8.01. The first-order chi connectivity index (χ1) is 11.1. The Morgan fingerprint density at radius 2 is 1.83 bits per heavy atom. The Morgan fingerprint density at radius 1 is 1.21 bits per heavy atom. The van der Waals surface area contributed by atoms with Crippen LogP contribution in [0, 0.1) is 6.92 Å². The Bertz CT molecular complexity index is 891. The largest absolute Gasteiger partial charge is 0.507 e. The molecular weight excluding hydrogens is 354 g/mol. The third-order valence-electron chi connectivity index (χ3n) is 3.00. The van der Waals surface area contributed by atoms with Gasteiger partial charge in [0.05, 0.1) is 5.69 Å². The van der Waals surface area contributed by atoms with Crippen LogP contribution in [0.5, 0.6) is 11.5 Å². The molecular formula is C13H9F4N3O3S. The van der Waals surface area contributed by atoms with Crippen molar-refractivity contribution in [3.63, 3.8) is 0 Å². The zero-order valence-corrected chi connectivity index (χ0v) is 12.7. The van der Waals surface area contributed by atoms with Gasteiger partial charge in [0.25, 0.3) is 0 Å². The van der Waals surface area contributed by atoms with Gasteiger partial charge < -0.3 is 15.2 Å². The quantitative estimate of drug-likeness (QED) is 0.792. The summed E-state index contributed by atoms with van der Waals surface area (Å²) in [7, 11) is 0. The molecule has 2 amide bonds. The topological polar surface area (TPSA) is 78.8 Å². The lowest BCUT2D eigenvalue weighted by Crippen LogP contribution is -2.52. The molecule has 0 fully saturated rings. The fraction of sp³-hybridized carbons (Fsp3) is 0.231. The van der Waals surface area contributed by atoms with Gasteiger partial charge in [-0.2, -0.15) is 22.6 Å². The molecule has 0 radical (unpaired) electrons. The normalized spacial score (nSPS) is 18.5. The molecule has 128 valence electrons. The molecule has 0 aliphatic carbocycles. The minimum Gasteiger partial charge on any atom is -0.421 e. The summed E-state index contributed by atoms with van der Waals surface area (Å²) in [5.74, 6) is -1.10. The number of alkyl halides is 4. The lowest BCUT2D eigenvalue weighted by atomic mass is 10.2. The first-order valence-electron chi connectivity index (χ1n) is 6.40. The second-order valence-corrected chi connectivity index (χ2v) is 6.03. The second kappa shape index (κ2) is 5.23. The molecule has 2 heterocycles. The average Bonchev–Trinajstić information content (AvgIpc) is 2.79. The first kappa shape index (κ1) is 16.3. The Kier molecular flexibility index (Phi) is 3.55. The van der Waals surface area contributed by atoms with Crippen LogP contribution in [0.25, 0.3) is 5.69 Å². The summed E-state index contributed by atoms with van der Waals surface area (Å²) in [5, 5.41) is 0. The van der Waals surface area contributed by atoms with E-state index in [-0.39, 0.29) is 10.5 Å². The zero-order chi connectivity index (χ0) is 17.7. The van der Waals surface area contributed by atoms with E-state index in [2.05, 4.69) is 14.5 Å². The fourth-order valence-corrected chi connectivity index (χ4v) is 2.86. The molecule has 6 nitrogen and oxygen atoms in total. The van der Waals surface area contributed by atoms with Crippen LogP contribution in [0.4, 0.5) is 22.4 Å². The molecule has 3 rings (SSSR count). The molecule has 2 aromatic rings. The lowest BCUT2D eigenvalue weighted by Gasteiger charge is -2.31. The van der Waals surface area contributed by atoms with E-state index < -0.39 is 29.7 Å². The number of urea groups is 1. The van der Waals surface area contributed by atoms with E-state index >= 15 is 0 Å². The molecule has 1 aliphatic heterocycles. The number of benzene rings is 1. The van der Waals surface area contributed by atoms with Crippen LogP contribution in [0.3, 0.4) is 0 Å². The van der Waals surface area contributed by atoms with Crippen molar-refractivity contribution in [2.24, 2.45) is 10.7 Å². The minimum atomic E-state index is -4.81. The Morgan fingerprint density at radius 3 is 2.46 bits per heavy atom. The van der Waals surface area contributed by atoms with Gasteiger partial charge in [0.2, 0.25) is 0 Å². The number of aryl methyl sites for hydroxylation is 1. The highest BCUT2D eigenvalue weighted by atomic mass is 32.1. The molecule has 24 heavy (non-hydrogen) atoms. The number of carbonyl (C=O) groups excluding carboxylic acids is 1. The fourth-order valence-electron chi connectivity index (χ4n) is 2.02. The van der Waals surface area contributed by atoms with Crippen LogP contribution in [0.2, 0.25) is 0 Å². The van der Waals surface area contributed by atoms with E-state index in [0.29, 0.717) is 0 Å². The van der Waals surface area contributed by atoms with Crippen molar-refractivity contribution in [1.29, 1.82) is 0 Å². The maximum atomic E-state index is 13.3. The maximum absolute atomic E-state index is 13.3. The number of fused-ring (bicyclic) bond motifs is 1. The van der Waals surface area contributed by atoms with Crippen LogP contribution in [-0.2, 0) is 0 Å². The van der Waals surface area contributed by atoms with Crippen molar-refractivity contribution in [3.8, 4) is 17.2 Å². The standard InChI is InChI=1S/C13H9F4N3O3S/c1-6-5-20(11(24-6)19-10(18)21)7-2-3-8-9(4-7)23-13(16,17)12(14,15)22-8/h2-5H,1H3,(H2,18,21). The molecule has 2 N–H and O–H groups in total. The van der Waals surface area contributed by atoms with Gasteiger partial charge in [-0.1, -0.05) is 0 Å². The van der Waals surface area contributed by atoms with Gasteiger partial charge in [0, 0.05) is 17.1 Å². The number of primary amides is 1. The number of hydrogen-bond donors (Lipinski definition) is 1. The summed E-state index contributed by atoms with van der Waals surface area (Å²) < 4.78 is 62.3. The average molecular weight is 363 g/mol. The molecule has 0 atom stereocenters. The highest BCUT2D eigenvalue weighted by molar-refractivity contribution is 7.09. The van der Waals surface area contributed by atoms with Gasteiger partial charge >= 0.3 is 18.2 Å². The van der Waals surface area contributed by atoms with E-state index in [1.165, 1.54) is 10.6 Å². The van der Waals surface area contributed by atoms with Crippen molar-refractivity contribution in [3.05, 3.63) is 34.1 Å². The highest BCUT2D eigenvalue weighted by Crippen LogP contribution is 2.47. The summed E-state index contributed by atoms with van der Waals surface area (Å²) in [6.45, 7) is 1.73. The summed E-state index contributed by atoms with van der Waals surface area (Å²) in [6, 6.07) is 2.52. The Hall–Kier alpha value is -2.56. The molecule has 1 aromatic heterocycles. The number of thiazole rings is 1. The number of aromatic nitrogens is 1. The Labute approximate surface area is 135 Å². The van der Waals surface area contributed by atoms with E-state index in [0.717, 1.165) is 28.3 Å². The number of ether oxygens (including phenoxy) is 2. The molecule has 11 heteroatoms. The number of amides is 2. The number of nitrogens with two attached hydrogens (primary N) is 1. The van der Waals surface area contributed by atoms with Gasteiger partial charge in [-0.3, -0.25) is 4.57 Å². The van der Waals surface area contributed by atoms with Crippen molar-refractivity contribution in [2.45, 2.75) is 19.1 Å². The molecule has 1 aliphatic rings. The van der Waals surface area contributed by atoms with Gasteiger partial charge in [-0.15, -0.1) is 11.3 Å². The van der Waals surface area contributed by atoms with Crippen molar-refractivity contribution < 1.29 is 31.8 Å². The monoisotopic (exact) mass is 363 g/mol. The van der Waals surface area contributed by atoms with Gasteiger partial charge in [-0.25, -0.2) is 4.79 Å². The van der Waals surface area contributed by atoms with Crippen molar-refractivity contribution in [1.82, 2.24) is 4.57 Å². The third kappa shape index (κ3) is 2.70. The number of rotatable bonds is 1. The molecule has 0 saturated carbocycles. The second-order valence-electron chi connectivity index (χ2n) is 4.81. The predicted molar refractivity (Wildman–Crippen MR) is 74.7 cm³/mol. The van der Waals surface area contributed by atoms with E-state index in [4.69, 9.17) is 5.73 Å². The van der Waals surface area contributed by atoms with Crippen LogP contribution >= 0.6 is 11.3 Å². The van der Waals surface area contributed by atoms with E-state index in [1.807, 2.05) is 0 Å². The molecule has 0 unspecified atom stereocenters. The third-order valence-corrected chi connectivity index (χ3v) is 3.89. The van der Waals surface area contributed by atoms with Crippen molar-refractivity contribution >= 4 is 17.4 Å². The van der Waals surface area contributed by atoms with Gasteiger partial charge in [-0.05, 0) is 19.1 Å². The van der Waals surface area contributed by atoms with Crippen molar-refractivity contribution in [2.75, 3.05) is 0 Å². The summed E-state index contributed by atoms with van der Waals surface area (Å²) in [5.41, 5.74) is 5.27. The van der Waals surface area contributed by atoms with E-state index in [1.54, 1.807) is 13.1 Å². The number of hydrogen-bond acceptors (Lipinski definition) is 4. The maximum Gasteiger partial charge on any atom is 0.507 e. The minimum absolute atomic E-state index is 0.189. The summed E-state index contributed by atoms with van der Waals surface area (Å²) >= 11 is 1.13. The zero-order valence-electron chi connectivity index (χ0n) is 11.9. The molecule has 1 aromatic carbocycles. The SMILES string of the molecule is Cc1cn(-c2ccc3c(c2)OC(F)(F)C(F)(F)O3)c(=NC(N)=O)s1. The van der Waals surface area contributed by atoms with Crippen LogP contribution in [0.1, 0.15) is 4.88 Å². The molecule has 0 bridgehead atoms. The van der Waals surface area contributed by atoms with Gasteiger partial charge in [0.15, 0.2) is 16.3 Å². The molecule has 0 spiro atoms. The van der Waals surface area contributed by atoms with Crippen LogP contribution in [-0.4, -0.2) is 22.8 Å². The Balaban J connectivity index is 2.10. The van der Waals surface area contributed by atoms with Gasteiger partial charge in [0.1, 0.15) is 0 Å². The smallest absolute Gasteiger partial charge is 0.421 e. The number of nitrogens with zero attached hydrogens (tertiary/aromatic N) is 2.